The van der Waals surface area contributed by atoms with Crippen molar-refractivity contribution >= 4 is 0 Å². The average Bonchev–Trinajstić information content (AvgIpc) is 2.32. The molecule has 0 radical (unpaired) electrons. The van der Waals surface area contributed by atoms with Gasteiger partial charge >= 0.3 is 0 Å². The minimum Gasteiger partial charge on any atom is -0.309 e. The highest BCUT2D eigenvalue weighted by atomic mass is 15.2. The fourth-order valence-electron chi connectivity index (χ4n) is 3.01. The second kappa shape index (κ2) is 8.16. The van der Waals surface area contributed by atoms with Gasteiger partial charge in [-0.05, 0) is 33.2 Å². The molecule has 0 aliphatic carbocycles. The van der Waals surface area contributed by atoms with Gasteiger partial charge in [0, 0.05) is 24.7 Å². The van der Waals surface area contributed by atoms with Crippen LogP contribution in [0.3, 0.4) is 0 Å². The zero-order valence-electron chi connectivity index (χ0n) is 13.1. The Hall–Kier alpha value is -0.0800. The molecular weight excluding hydrogens is 220 g/mol. The summed E-state index contributed by atoms with van der Waals surface area (Å²) in [6.45, 7) is 13.0. The lowest BCUT2D eigenvalue weighted by molar-refractivity contribution is 0.0877. The number of hydrogen-bond donors (Lipinski definition) is 1. The molecule has 1 rings (SSSR count). The molecule has 0 amide bonds. The zero-order valence-corrected chi connectivity index (χ0v) is 13.1. The molecule has 2 heteroatoms. The Labute approximate surface area is 115 Å². The minimum atomic E-state index is 0.299. The fraction of sp³-hybridized carbons (Fsp3) is 1.00. The highest BCUT2D eigenvalue weighted by Crippen LogP contribution is 2.19. The van der Waals surface area contributed by atoms with Gasteiger partial charge in [0.15, 0.2) is 0 Å². The molecule has 0 aromatic heterocycles. The van der Waals surface area contributed by atoms with Gasteiger partial charge in [-0.25, -0.2) is 0 Å². The molecule has 1 aliphatic rings. The normalized spacial score (nSPS) is 24.3. The van der Waals surface area contributed by atoms with Crippen LogP contribution in [0.2, 0.25) is 0 Å². The molecule has 0 aromatic carbocycles. The number of unbranched alkanes of at least 4 members (excludes halogenated alkanes) is 4. The monoisotopic (exact) mass is 254 g/mol. The third-order valence-electron chi connectivity index (χ3n) is 4.10. The molecule has 0 spiro atoms. The molecule has 2 nitrogen and oxygen atoms in total. The van der Waals surface area contributed by atoms with Crippen molar-refractivity contribution in [3.8, 4) is 0 Å². The summed E-state index contributed by atoms with van der Waals surface area (Å²) in [7, 11) is 0. The van der Waals surface area contributed by atoms with E-state index >= 15 is 0 Å². The van der Waals surface area contributed by atoms with Crippen molar-refractivity contribution < 1.29 is 0 Å². The number of hydrogen-bond acceptors (Lipinski definition) is 2. The van der Waals surface area contributed by atoms with E-state index in [9.17, 15) is 0 Å². The Balaban J connectivity index is 2.31. The van der Waals surface area contributed by atoms with Crippen LogP contribution in [0.15, 0.2) is 0 Å². The maximum atomic E-state index is 3.69. The highest BCUT2D eigenvalue weighted by Gasteiger charge is 2.31. The summed E-state index contributed by atoms with van der Waals surface area (Å²) >= 11 is 0. The molecule has 0 aromatic rings. The number of nitrogens with one attached hydrogen (secondary N) is 1. The van der Waals surface area contributed by atoms with Gasteiger partial charge in [-0.3, -0.25) is 4.90 Å². The summed E-state index contributed by atoms with van der Waals surface area (Å²) in [6.07, 6.45) is 9.62. The molecule has 18 heavy (non-hydrogen) atoms. The Morgan fingerprint density at radius 1 is 1.06 bits per heavy atom. The zero-order chi connectivity index (χ0) is 13.4. The summed E-state index contributed by atoms with van der Waals surface area (Å²) in [4.78, 5) is 2.74. The highest BCUT2D eigenvalue weighted by molar-refractivity contribution is 4.91. The van der Waals surface area contributed by atoms with Crippen LogP contribution in [-0.4, -0.2) is 36.1 Å². The number of rotatable bonds is 8. The molecule has 108 valence electrons. The van der Waals surface area contributed by atoms with Crippen molar-refractivity contribution in [3.05, 3.63) is 0 Å². The first-order valence-corrected chi connectivity index (χ1v) is 8.08. The van der Waals surface area contributed by atoms with E-state index in [1.165, 1.54) is 64.6 Å². The van der Waals surface area contributed by atoms with Crippen molar-refractivity contribution in [2.75, 3.05) is 19.6 Å². The van der Waals surface area contributed by atoms with E-state index < -0.39 is 0 Å². The van der Waals surface area contributed by atoms with E-state index in [0.29, 0.717) is 5.54 Å². The van der Waals surface area contributed by atoms with Crippen LogP contribution in [-0.2, 0) is 0 Å². The van der Waals surface area contributed by atoms with Gasteiger partial charge in [-0.1, -0.05) is 46.0 Å². The SMILES string of the molecule is CCCCCCCN1CC(C)(C)NCC1CCC. The van der Waals surface area contributed by atoms with Crippen LogP contribution in [0.1, 0.15) is 72.6 Å². The lowest BCUT2D eigenvalue weighted by Crippen LogP contribution is -2.61. The van der Waals surface area contributed by atoms with Gasteiger partial charge in [0.25, 0.3) is 0 Å². The van der Waals surface area contributed by atoms with Crippen LogP contribution in [0.4, 0.5) is 0 Å². The quantitative estimate of drug-likeness (QED) is 0.663. The molecule has 1 heterocycles. The summed E-state index contributed by atoms with van der Waals surface area (Å²) in [5.74, 6) is 0. The molecule has 0 bridgehead atoms. The van der Waals surface area contributed by atoms with Crippen LogP contribution in [0.25, 0.3) is 0 Å². The summed E-state index contributed by atoms with van der Waals surface area (Å²) in [5, 5.41) is 3.69. The topological polar surface area (TPSA) is 15.3 Å². The van der Waals surface area contributed by atoms with Crippen LogP contribution in [0.5, 0.6) is 0 Å². The van der Waals surface area contributed by atoms with Crippen LogP contribution in [0, 0.1) is 0 Å². The smallest absolute Gasteiger partial charge is 0.0252 e. The van der Waals surface area contributed by atoms with E-state index in [0.717, 1.165) is 6.04 Å². The van der Waals surface area contributed by atoms with Crippen LogP contribution >= 0.6 is 0 Å². The molecular formula is C16H34N2. The molecule has 1 aliphatic heterocycles. The maximum Gasteiger partial charge on any atom is 0.0252 e. The standard InChI is InChI=1S/C16H34N2/c1-5-7-8-9-10-12-18-14-16(3,4)17-13-15(18)11-6-2/h15,17H,5-14H2,1-4H3. The Morgan fingerprint density at radius 2 is 1.78 bits per heavy atom. The van der Waals surface area contributed by atoms with E-state index in [1.807, 2.05) is 0 Å². The van der Waals surface area contributed by atoms with Gasteiger partial charge in [-0.15, -0.1) is 0 Å². The van der Waals surface area contributed by atoms with Crippen molar-refractivity contribution in [2.45, 2.75) is 84.2 Å². The molecule has 1 atom stereocenters. The van der Waals surface area contributed by atoms with Gasteiger partial charge in [0.05, 0.1) is 0 Å². The van der Waals surface area contributed by atoms with Gasteiger partial charge < -0.3 is 5.32 Å². The largest absolute Gasteiger partial charge is 0.309 e. The lowest BCUT2D eigenvalue weighted by Gasteiger charge is -2.45. The first-order valence-electron chi connectivity index (χ1n) is 8.08. The van der Waals surface area contributed by atoms with Crippen molar-refractivity contribution in [1.29, 1.82) is 0 Å². The summed E-state index contributed by atoms with van der Waals surface area (Å²) in [6, 6.07) is 0.772. The van der Waals surface area contributed by atoms with Gasteiger partial charge in [0.2, 0.25) is 0 Å². The van der Waals surface area contributed by atoms with Crippen molar-refractivity contribution in [2.24, 2.45) is 0 Å². The summed E-state index contributed by atoms with van der Waals surface area (Å²) < 4.78 is 0. The van der Waals surface area contributed by atoms with E-state index in [1.54, 1.807) is 0 Å². The second-order valence-corrected chi connectivity index (χ2v) is 6.59. The number of nitrogens with zero attached hydrogens (tertiary/aromatic N) is 1. The summed E-state index contributed by atoms with van der Waals surface area (Å²) in [5.41, 5.74) is 0.299. The van der Waals surface area contributed by atoms with E-state index in [4.69, 9.17) is 0 Å². The van der Waals surface area contributed by atoms with Crippen molar-refractivity contribution in [1.82, 2.24) is 10.2 Å². The molecule has 1 fully saturated rings. The predicted octanol–water partition coefficient (Wildman–Crippen LogP) is 3.81. The Bertz CT molecular complexity index is 213. The Morgan fingerprint density at radius 3 is 2.44 bits per heavy atom. The Kier molecular flexibility index (Phi) is 7.25. The maximum absolute atomic E-state index is 3.69. The van der Waals surface area contributed by atoms with Gasteiger partial charge in [-0.2, -0.15) is 0 Å². The molecule has 1 saturated heterocycles. The van der Waals surface area contributed by atoms with E-state index in [-0.39, 0.29) is 0 Å². The minimum absolute atomic E-state index is 0.299. The fourth-order valence-corrected chi connectivity index (χ4v) is 3.01. The number of piperazine rings is 1. The first-order chi connectivity index (χ1) is 8.59. The molecule has 1 unspecified atom stereocenters. The average molecular weight is 254 g/mol. The predicted molar refractivity (Wildman–Crippen MR) is 81.1 cm³/mol. The first kappa shape index (κ1) is 16.0. The third kappa shape index (κ3) is 5.71. The molecule has 1 N–H and O–H groups in total. The molecule has 0 saturated carbocycles. The van der Waals surface area contributed by atoms with Crippen LogP contribution < -0.4 is 5.32 Å². The van der Waals surface area contributed by atoms with Gasteiger partial charge in [0.1, 0.15) is 0 Å². The van der Waals surface area contributed by atoms with Crippen molar-refractivity contribution in [3.63, 3.8) is 0 Å². The third-order valence-corrected chi connectivity index (χ3v) is 4.10. The van der Waals surface area contributed by atoms with E-state index in [2.05, 4.69) is 37.9 Å². The lowest BCUT2D eigenvalue weighted by atomic mass is 9.96. The second-order valence-electron chi connectivity index (χ2n) is 6.59.